The van der Waals surface area contributed by atoms with Crippen molar-refractivity contribution in [3.05, 3.63) is 0 Å². The minimum Gasteiger partial charge on any atom is -0.464 e. The van der Waals surface area contributed by atoms with Crippen LogP contribution >= 0.6 is 0 Å². The van der Waals surface area contributed by atoms with Crippen LogP contribution < -0.4 is 0 Å². The van der Waals surface area contributed by atoms with Crippen molar-refractivity contribution in [2.75, 3.05) is 19.8 Å². The maximum Gasteiger partial charge on any atom is 0.332 e. The molecule has 0 atom stereocenters. The van der Waals surface area contributed by atoms with Crippen molar-refractivity contribution < 1.29 is 23.0 Å². The highest BCUT2D eigenvalue weighted by molar-refractivity contribution is 5.70. The van der Waals surface area contributed by atoms with Crippen molar-refractivity contribution in [1.82, 2.24) is 0 Å². The zero-order valence-corrected chi connectivity index (χ0v) is 6.18. The molecule has 0 fully saturated rings. The topological polar surface area (TPSA) is 35.5 Å². The molecule has 0 aliphatic carbocycles. The van der Waals surface area contributed by atoms with Crippen LogP contribution in [-0.4, -0.2) is 32.2 Å². The molecule has 0 saturated carbocycles. The van der Waals surface area contributed by atoms with Gasteiger partial charge in [0.15, 0.2) is 0 Å². The SMILES string of the molecule is CCOC(=O)COCC(F)F. The third kappa shape index (κ3) is 7.18. The first-order valence-corrected chi connectivity index (χ1v) is 3.18. The fraction of sp³-hybridized carbons (Fsp3) is 0.833. The van der Waals surface area contributed by atoms with E-state index >= 15 is 0 Å². The van der Waals surface area contributed by atoms with E-state index in [-0.39, 0.29) is 6.61 Å². The van der Waals surface area contributed by atoms with Crippen LogP contribution in [0, 0.1) is 0 Å². The van der Waals surface area contributed by atoms with E-state index in [1.165, 1.54) is 0 Å². The van der Waals surface area contributed by atoms with E-state index in [9.17, 15) is 13.6 Å². The molecule has 0 saturated heterocycles. The number of alkyl halides is 2. The Hall–Kier alpha value is -0.710. The Kier molecular flexibility index (Phi) is 5.64. The molecule has 0 N–H and O–H groups in total. The van der Waals surface area contributed by atoms with Crippen LogP contribution in [0.3, 0.4) is 0 Å². The number of hydrogen-bond donors (Lipinski definition) is 0. The number of ether oxygens (including phenoxy) is 2. The third-order valence-corrected chi connectivity index (χ3v) is 0.769. The molecule has 0 aromatic heterocycles. The Morgan fingerprint density at radius 2 is 2.18 bits per heavy atom. The molecule has 11 heavy (non-hydrogen) atoms. The molecule has 3 nitrogen and oxygen atoms in total. The second-order valence-corrected chi connectivity index (χ2v) is 1.71. The average molecular weight is 168 g/mol. The first-order valence-electron chi connectivity index (χ1n) is 3.18. The summed E-state index contributed by atoms with van der Waals surface area (Å²) in [6.45, 7) is 0.735. The minimum atomic E-state index is -2.54. The summed E-state index contributed by atoms with van der Waals surface area (Å²) in [6.07, 6.45) is -2.54. The lowest BCUT2D eigenvalue weighted by Crippen LogP contribution is -2.15. The third-order valence-electron chi connectivity index (χ3n) is 0.769. The van der Waals surface area contributed by atoms with Gasteiger partial charge in [0.1, 0.15) is 13.2 Å². The van der Waals surface area contributed by atoms with Crippen molar-refractivity contribution in [3.63, 3.8) is 0 Å². The van der Waals surface area contributed by atoms with Crippen molar-refractivity contribution in [3.8, 4) is 0 Å². The van der Waals surface area contributed by atoms with Crippen LogP contribution in [0.5, 0.6) is 0 Å². The summed E-state index contributed by atoms with van der Waals surface area (Å²) in [5.41, 5.74) is 0. The van der Waals surface area contributed by atoms with Gasteiger partial charge in [0.2, 0.25) is 0 Å². The predicted molar refractivity (Wildman–Crippen MR) is 33.5 cm³/mol. The fourth-order valence-corrected chi connectivity index (χ4v) is 0.434. The number of carbonyl (C=O) groups excluding carboxylic acids is 1. The molecular formula is C6H10F2O3. The van der Waals surface area contributed by atoms with Gasteiger partial charge in [-0.1, -0.05) is 0 Å². The van der Waals surface area contributed by atoms with Gasteiger partial charge in [0.25, 0.3) is 6.43 Å². The molecule has 5 heteroatoms. The molecule has 0 unspecified atom stereocenters. The van der Waals surface area contributed by atoms with Gasteiger partial charge >= 0.3 is 5.97 Å². The fourth-order valence-electron chi connectivity index (χ4n) is 0.434. The summed E-state index contributed by atoms with van der Waals surface area (Å²) in [4.78, 5) is 10.4. The Labute approximate surface area is 63.3 Å². The minimum absolute atomic E-state index is 0.233. The molecule has 0 aromatic carbocycles. The molecule has 0 heterocycles. The van der Waals surface area contributed by atoms with Crippen molar-refractivity contribution in [1.29, 1.82) is 0 Å². The lowest BCUT2D eigenvalue weighted by molar-refractivity contribution is -0.149. The Balaban J connectivity index is 3.17. The van der Waals surface area contributed by atoms with Crippen molar-refractivity contribution >= 4 is 5.97 Å². The molecule has 0 amide bonds. The second kappa shape index (κ2) is 6.03. The van der Waals surface area contributed by atoms with Gasteiger partial charge < -0.3 is 9.47 Å². The summed E-state index contributed by atoms with van der Waals surface area (Å²) >= 11 is 0. The standard InChI is InChI=1S/C6H10F2O3/c1-2-11-6(9)4-10-3-5(7)8/h5H,2-4H2,1H3. The number of esters is 1. The Morgan fingerprint density at radius 3 is 2.64 bits per heavy atom. The number of carbonyl (C=O) groups is 1. The van der Waals surface area contributed by atoms with Gasteiger partial charge in [-0.15, -0.1) is 0 Å². The van der Waals surface area contributed by atoms with Crippen molar-refractivity contribution in [2.24, 2.45) is 0 Å². The summed E-state index contributed by atoms with van der Waals surface area (Å²) in [5.74, 6) is -0.617. The van der Waals surface area contributed by atoms with Gasteiger partial charge in [-0.3, -0.25) is 0 Å². The molecule has 66 valence electrons. The van der Waals surface area contributed by atoms with Crippen LogP contribution in [0.4, 0.5) is 8.78 Å². The average Bonchev–Trinajstić information content (AvgIpc) is 1.87. The highest BCUT2D eigenvalue weighted by Crippen LogP contribution is 1.92. The Bertz CT molecular complexity index is 116. The van der Waals surface area contributed by atoms with Gasteiger partial charge in [-0.2, -0.15) is 0 Å². The van der Waals surface area contributed by atoms with E-state index < -0.39 is 25.6 Å². The lowest BCUT2D eigenvalue weighted by atomic mass is 10.7. The van der Waals surface area contributed by atoms with Gasteiger partial charge in [-0.25, -0.2) is 13.6 Å². The van der Waals surface area contributed by atoms with E-state index in [2.05, 4.69) is 9.47 Å². The second-order valence-electron chi connectivity index (χ2n) is 1.71. The highest BCUT2D eigenvalue weighted by atomic mass is 19.3. The maximum absolute atomic E-state index is 11.4. The van der Waals surface area contributed by atoms with E-state index in [4.69, 9.17) is 0 Å². The smallest absolute Gasteiger partial charge is 0.332 e. The first-order chi connectivity index (χ1) is 5.16. The van der Waals surface area contributed by atoms with Crippen LogP contribution in [0.2, 0.25) is 0 Å². The van der Waals surface area contributed by atoms with Gasteiger partial charge in [0, 0.05) is 0 Å². The molecule has 0 bridgehead atoms. The van der Waals surface area contributed by atoms with Gasteiger partial charge in [-0.05, 0) is 6.92 Å². The van der Waals surface area contributed by atoms with E-state index in [1.54, 1.807) is 6.92 Å². The molecule has 0 aliphatic rings. The molecule has 0 radical (unpaired) electrons. The van der Waals surface area contributed by atoms with Crippen LogP contribution in [-0.2, 0) is 14.3 Å². The molecular weight excluding hydrogens is 158 g/mol. The molecule has 0 aromatic rings. The van der Waals surface area contributed by atoms with E-state index in [0.717, 1.165) is 0 Å². The monoisotopic (exact) mass is 168 g/mol. The predicted octanol–water partition coefficient (Wildman–Crippen LogP) is 0.831. The zero-order chi connectivity index (χ0) is 8.69. The summed E-state index contributed by atoms with van der Waals surface area (Å²) in [5, 5.41) is 0. The zero-order valence-electron chi connectivity index (χ0n) is 6.18. The number of hydrogen-bond acceptors (Lipinski definition) is 3. The molecule has 0 rings (SSSR count). The summed E-state index contributed by atoms with van der Waals surface area (Å²) < 4.78 is 31.5. The summed E-state index contributed by atoms with van der Waals surface area (Å²) in [7, 11) is 0. The molecule has 0 spiro atoms. The van der Waals surface area contributed by atoms with E-state index in [0.29, 0.717) is 0 Å². The van der Waals surface area contributed by atoms with Crippen molar-refractivity contribution in [2.45, 2.75) is 13.3 Å². The highest BCUT2D eigenvalue weighted by Gasteiger charge is 2.05. The van der Waals surface area contributed by atoms with Crippen LogP contribution in [0.15, 0.2) is 0 Å². The Morgan fingerprint density at radius 1 is 1.55 bits per heavy atom. The maximum atomic E-state index is 11.4. The quantitative estimate of drug-likeness (QED) is 0.570. The number of rotatable bonds is 5. The summed E-state index contributed by atoms with van der Waals surface area (Å²) in [6, 6.07) is 0. The van der Waals surface area contributed by atoms with Gasteiger partial charge in [0.05, 0.1) is 6.61 Å². The van der Waals surface area contributed by atoms with Crippen LogP contribution in [0.25, 0.3) is 0 Å². The van der Waals surface area contributed by atoms with Crippen LogP contribution in [0.1, 0.15) is 6.92 Å². The number of halogens is 2. The normalized spacial score (nSPS) is 10.2. The first kappa shape index (κ1) is 10.3. The lowest BCUT2D eigenvalue weighted by Gasteiger charge is -2.02. The van der Waals surface area contributed by atoms with E-state index in [1.807, 2.05) is 0 Å². The molecule has 0 aliphatic heterocycles. The largest absolute Gasteiger partial charge is 0.464 e.